The van der Waals surface area contributed by atoms with Gasteiger partial charge in [-0.1, -0.05) is 39.8 Å². The van der Waals surface area contributed by atoms with Crippen LogP contribution in [0.15, 0.2) is 36.7 Å². The van der Waals surface area contributed by atoms with Gasteiger partial charge in [-0.3, -0.25) is 4.55 Å². The van der Waals surface area contributed by atoms with Crippen LogP contribution >= 0.6 is 11.3 Å². The molecule has 0 bridgehead atoms. The van der Waals surface area contributed by atoms with E-state index in [-0.39, 0.29) is 23.3 Å². The molecule has 184 valence electrons. The van der Waals surface area contributed by atoms with Crippen LogP contribution in [-0.4, -0.2) is 35.3 Å². The minimum absolute atomic E-state index is 0.0114. The number of ether oxygens (including phenoxy) is 1. The minimum atomic E-state index is -2.49. The van der Waals surface area contributed by atoms with Gasteiger partial charge in [0.05, 0.1) is 6.54 Å². The van der Waals surface area contributed by atoms with Crippen molar-refractivity contribution in [2.75, 3.05) is 6.54 Å². The number of benzene rings is 1. The van der Waals surface area contributed by atoms with Crippen LogP contribution in [0.3, 0.4) is 0 Å². The van der Waals surface area contributed by atoms with E-state index in [9.17, 15) is 13.6 Å². The van der Waals surface area contributed by atoms with Crippen molar-refractivity contribution in [3.05, 3.63) is 58.7 Å². The molecule has 0 aliphatic carbocycles. The maximum absolute atomic E-state index is 15.1. The largest absolute Gasteiger partial charge is 0.429 e. The quantitative estimate of drug-likeness (QED) is 0.355. The molecule has 0 radical (unpaired) electrons. The Kier molecular flexibility index (Phi) is 8.62. The Balaban J connectivity index is 1.93. The van der Waals surface area contributed by atoms with E-state index in [0.29, 0.717) is 33.5 Å². The fraction of sp³-hybridized carbons (Fsp3) is 0.417. The van der Waals surface area contributed by atoms with Crippen molar-refractivity contribution >= 4 is 28.7 Å². The predicted molar refractivity (Wildman–Crippen MR) is 133 cm³/mol. The topological polar surface area (TPSA) is 84.7 Å². The first kappa shape index (κ1) is 26.1. The second-order valence-electron chi connectivity index (χ2n) is 8.68. The summed E-state index contributed by atoms with van der Waals surface area (Å²) < 4.78 is 44.0. The number of halogens is 1. The van der Waals surface area contributed by atoms with E-state index in [1.807, 2.05) is 30.7 Å². The smallest absolute Gasteiger partial charge is 0.398 e. The molecule has 2 heterocycles. The summed E-state index contributed by atoms with van der Waals surface area (Å²) in [7, 11) is 0. The fourth-order valence-corrected chi connectivity index (χ4v) is 5.24. The van der Waals surface area contributed by atoms with Crippen LogP contribution < -0.4 is 4.74 Å². The summed E-state index contributed by atoms with van der Waals surface area (Å²) in [5.41, 5.74) is 1.66. The monoisotopic (exact) mass is 507 g/mol. The Bertz CT molecular complexity index is 1170. The van der Waals surface area contributed by atoms with Crippen LogP contribution in [0.1, 0.15) is 56.8 Å². The molecule has 1 unspecified atom stereocenters. The maximum Gasteiger partial charge on any atom is 0.429 e. The van der Waals surface area contributed by atoms with E-state index in [1.165, 1.54) is 17.4 Å². The van der Waals surface area contributed by atoms with Crippen LogP contribution in [0.4, 0.5) is 9.18 Å². The van der Waals surface area contributed by atoms with Crippen molar-refractivity contribution in [3.8, 4) is 16.2 Å². The Morgan fingerprint density at radius 3 is 2.62 bits per heavy atom. The molecule has 0 spiro atoms. The molecular formula is C24H30FN3O4S2. The molecule has 3 aromatic rings. The van der Waals surface area contributed by atoms with E-state index >= 15 is 4.39 Å². The molecule has 7 nitrogen and oxygen atoms in total. The molecule has 2 aromatic heterocycles. The lowest BCUT2D eigenvalue weighted by atomic mass is 10.0. The summed E-state index contributed by atoms with van der Waals surface area (Å²) in [5, 5.41) is 0.272. The van der Waals surface area contributed by atoms with Gasteiger partial charge in [0, 0.05) is 40.9 Å². The maximum atomic E-state index is 15.1. The molecule has 34 heavy (non-hydrogen) atoms. The van der Waals surface area contributed by atoms with E-state index < -0.39 is 17.4 Å². The van der Waals surface area contributed by atoms with Crippen LogP contribution in [0.2, 0.25) is 0 Å². The van der Waals surface area contributed by atoms with Gasteiger partial charge in [0.25, 0.3) is 11.3 Å². The van der Waals surface area contributed by atoms with Gasteiger partial charge in [-0.05, 0) is 37.0 Å². The predicted octanol–water partition coefficient (Wildman–Crippen LogP) is 6.08. The first-order valence-electron chi connectivity index (χ1n) is 11.1. The van der Waals surface area contributed by atoms with Gasteiger partial charge >= 0.3 is 6.09 Å². The number of carbonyl (C=O) groups excluding carboxylic acids is 1. The number of carbonyl (C=O) groups is 1. The first-order chi connectivity index (χ1) is 16.1. The lowest BCUT2D eigenvalue weighted by Gasteiger charge is -2.15. The number of amides is 1. The number of aromatic nitrogens is 2. The minimum Gasteiger partial charge on any atom is -0.398 e. The molecule has 0 aliphatic rings. The zero-order valence-electron chi connectivity index (χ0n) is 19.9. The summed E-state index contributed by atoms with van der Waals surface area (Å²) in [5.74, 6) is 1.10. The zero-order chi connectivity index (χ0) is 25.0. The van der Waals surface area contributed by atoms with Crippen molar-refractivity contribution in [3.63, 3.8) is 0 Å². The molecule has 0 aliphatic heterocycles. The molecule has 10 heteroatoms. The van der Waals surface area contributed by atoms with Crippen LogP contribution in [0, 0.1) is 11.7 Å². The molecular weight excluding hydrogens is 477 g/mol. The lowest BCUT2D eigenvalue weighted by Crippen LogP contribution is -2.34. The van der Waals surface area contributed by atoms with Crippen molar-refractivity contribution in [1.82, 2.24) is 13.9 Å². The number of hydrogen-bond donors (Lipinski definition) is 1. The van der Waals surface area contributed by atoms with E-state index in [0.717, 1.165) is 17.1 Å². The molecule has 0 saturated carbocycles. The third kappa shape index (κ3) is 6.11. The number of nitrogens with zero attached hydrogens (tertiary/aromatic N) is 3. The average Bonchev–Trinajstić information content (AvgIpc) is 3.36. The summed E-state index contributed by atoms with van der Waals surface area (Å²) in [6.07, 6.45) is 3.38. The molecule has 0 saturated heterocycles. The molecule has 0 fully saturated rings. The number of thiophene rings is 1. The Morgan fingerprint density at radius 1 is 1.29 bits per heavy atom. The van der Waals surface area contributed by atoms with Crippen LogP contribution in [0.5, 0.6) is 5.06 Å². The van der Waals surface area contributed by atoms with Crippen molar-refractivity contribution in [2.24, 2.45) is 5.92 Å². The molecule has 3 rings (SSSR count). The van der Waals surface area contributed by atoms with Crippen LogP contribution in [0.25, 0.3) is 11.1 Å². The van der Waals surface area contributed by atoms with E-state index in [2.05, 4.69) is 18.8 Å². The van der Waals surface area contributed by atoms with Crippen LogP contribution in [-0.2, 0) is 24.2 Å². The van der Waals surface area contributed by atoms with Gasteiger partial charge in [0.2, 0.25) is 0 Å². The average molecular weight is 508 g/mol. The highest BCUT2D eigenvalue weighted by atomic mass is 32.2. The van der Waals surface area contributed by atoms with E-state index in [4.69, 9.17) is 4.74 Å². The normalized spacial score (nSPS) is 12.4. The summed E-state index contributed by atoms with van der Waals surface area (Å²) >= 11 is -1.21. The van der Waals surface area contributed by atoms with Gasteiger partial charge in [-0.2, -0.15) is 0 Å². The highest BCUT2D eigenvalue weighted by Crippen LogP contribution is 2.40. The number of imidazole rings is 1. The summed E-state index contributed by atoms with van der Waals surface area (Å²) in [4.78, 5) is 17.8. The lowest BCUT2D eigenvalue weighted by molar-refractivity contribution is 0.181. The molecule has 1 amide bonds. The third-order valence-electron chi connectivity index (χ3n) is 5.19. The SMILES string of the molecule is CCN(C(=O)Oc1sc(CC(C)C)cc1-c1ccc(Cn2ccnc2C(C)C)c(F)c1)S(=O)O. The van der Waals surface area contributed by atoms with E-state index in [1.54, 1.807) is 25.3 Å². The first-order valence-corrected chi connectivity index (χ1v) is 13.0. The van der Waals surface area contributed by atoms with Crippen molar-refractivity contribution < 1.29 is 22.7 Å². The van der Waals surface area contributed by atoms with Gasteiger partial charge in [-0.25, -0.2) is 22.7 Å². The Hall–Kier alpha value is -2.56. The Morgan fingerprint density at radius 2 is 2.03 bits per heavy atom. The standard InChI is InChI=1S/C24H30FN3O4S2/c1-6-28(34(30)31)24(29)32-23-20(13-19(33-23)11-15(2)3)17-7-8-18(21(25)12-17)14-27-10-9-26-22(27)16(4)5/h7-10,12-13,15-16H,6,11,14H2,1-5H3,(H,30,31). The second kappa shape index (κ2) is 11.2. The second-order valence-corrected chi connectivity index (χ2v) is 10.7. The van der Waals surface area contributed by atoms with Gasteiger partial charge in [-0.15, -0.1) is 11.3 Å². The highest BCUT2D eigenvalue weighted by Gasteiger charge is 2.23. The van der Waals surface area contributed by atoms with Gasteiger partial charge < -0.3 is 9.30 Å². The van der Waals surface area contributed by atoms with Crippen molar-refractivity contribution in [1.29, 1.82) is 0 Å². The van der Waals surface area contributed by atoms with Gasteiger partial charge in [0.1, 0.15) is 11.6 Å². The molecule has 1 atom stereocenters. The number of hydrogen-bond acceptors (Lipinski definition) is 5. The fourth-order valence-electron chi connectivity index (χ4n) is 3.62. The zero-order valence-corrected chi connectivity index (χ0v) is 21.6. The highest BCUT2D eigenvalue weighted by molar-refractivity contribution is 7.77. The third-order valence-corrected chi connectivity index (χ3v) is 7.01. The summed E-state index contributed by atoms with van der Waals surface area (Å²) in [6, 6.07) is 6.84. The summed E-state index contributed by atoms with van der Waals surface area (Å²) in [6.45, 7) is 10.2. The molecule has 1 aromatic carbocycles. The van der Waals surface area contributed by atoms with Gasteiger partial charge in [0.15, 0.2) is 5.06 Å². The molecule has 1 N–H and O–H groups in total. The number of rotatable bonds is 9. The Labute approximate surface area is 206 Å². The van der Waals surface area contributed by atoms with Crippen molar-refractivity contribution in [2.45, 2.75) is 53.5 Å².